The molecule has 0 aliphatic carbocycles. The molecule has 0 aliphatic rings. The van der Waals surface area contributed by atoms with Crippen LogP contribution < -0.4 is 5.32 Å². The second-order valence-electron chi connectivity index (χ2n) is 5.11. The Morgan fingerprint density at radius 2 is 2.10 bits per heavy atom. The van der Waals surface area contributed by atoms with E-state index in [2.05, 4.69) is 5.32 Å². The Kier molecular flexibility index (Phi) is 5.49. The highest BCUT2D eigenvalue weighted by Crippen LogP contribution is 2.24. The van der Waals surface area contributed by atoms with Gasteiger partial charge in [-0.2, -0.15) is 0 Å². The number of hydrogen-bond acceptors (Lipinski definition) is 5. The minimum Gasteiger partial charge on any atom is -0.467 e. The van der Waals surface area contributed by atoms with Gasteiger partial charge in [0.25, 0.3) is 5.69 Å². The van der Waals surface area contributed by atoms with Gasteiger partial charge in [0.05, 0.1) is 12.0 Å². The maximum atomic E-state index is 11.8. The summed E-state index contributed by atoms with van der Waals surface area (Å²) in [5.74, 6) is -0.0739. The van der Waals surface area contributed by atoms with Gasteiger partial charge in [-0.05, 0) is 24.8 Å². The molecule has 0 heterocycles. The van der Waals surface area contributed by atoms with E-state index in [0.717, 1.165) is 5.56 Å². The molecule has 1 aromatic carbocycles. The van der Waals surface area contributed by atoms with Crippen molar-refractivity contribution in [3.63, 3.8) is 0 Å². The normalized spacial score (nSPS) is 12.1. The van der Waals surface area contributed by atoms with Gasteiger partial charge < -0.3 is 10.1 Å². The van der Waals surface area contributed by atoms with Crippen LogP contribution in [-0.2, 0) is 9.53 Å². The maximum Gasteiger partial charge on any atom is 0.328 e. The molecule has 1 rings (SSSR count). The molecule has 1 unspecified atom stereocenters. The van der Waals surface area contributed by atoms with Gasteiger partial charge in [0, 0.05) is 17.8 Å². The molecule has 0 saturated heterocycles. The van der Waals surface area contributed by atoms with E-state index in [9.17, 15) is 14.9 Å². The Morgan fingerprint density at radius 3 is 2.60 bits per heavy atom. The number of carbonyl (C=O) groups is 1. The molecule has 0 fully saturated rings. The summed E-state index contributed by atoms with van der Waals surface area (Å²) in [5.41, 5.74) is 1.41. The van der Waals surface area contributed by atoms with Crippen LogP contribution in [-0.4, -0.2) is 24.0 Å². The van der Waals surface area contributed by atoms with E-state index < -0.39 is 11.0 Å². The molecule has 6 nitrogen and oxygen atoms in total. The maximum absolute atomic E-state index is 11.8. The Bertz CT molecular complexity index is 500. The van der Waals surface area contributed by atoms with Crippen LogP contribution in [0.4, 0.5) is 11.4 Å². The smallest absolute Gasteiger partial charge is 0.328 e. The monoisotopic (exact) mass is 280 g/mol. The van der Waals surface area contributed by atoms with Crippen LogP contribution in [0.25, 0.3) is 0 Å². The first-order chi connectivity index (χ1) is 9.35. The van der Waals surface area contributed by atoms with Crippen LogP contribution in [0.1, 0.15) is 25.8 Å². The summed E-state index contributed by atoms with van der Waals surface area (Å²) < 4.78 is 4.77. The zero-order chi connectivity index (χ0) is 15.3. The summed E-state index contributed by atoms with van der Waals surface area (Å²) >= 11 is 0. The second kappa shape index (κ2) is 6.88. The highest BCUT2D eigenvalue weighted by Gasteiger charge is 2.21. The first kappa shape index (κ1) is 15.9. The predicted molar refractivity (Wildman–Crippen MR) is 76.7 cm³/mol. The fraction of sp³-hybridized carbons (Fsp3) is 0.500. The molecule has 0 spiro atoms. The molecule has 0 bridgehead atoms. The van der Waals surface area contributed by atoms with Crippen LogP contribution in [0.3, 0.4) is 0 Å². The molecule has 0 saturated carbocycles. The van der Waals surface area contributed by atoms with E-state index in [4.69, 9.17) is 4.74 Å². The van der Waals surface area contributed by atoms with Crippen molar-refractivity contribution in [2.75, 3.05) is 12.4 Å². The number of ether oxygens (including phenoxy) is 1. The van der Waals surface area contributed by atoms with Crippen molar-refractivity contribution < 1.29 is 14.5 Å². The molecule has 20 heavy (non-hydrogen) atoms. The molecule has 0 aliphatic heterocycles. The van der Waals surface area contributed by atoms with E-state index >= 15 is 0 Å². The van der Waals surface area contributed by atoms with Crippen molar-refractivity contribution in [2.45, 2.75) is 33.2 Å². The Morgan fingerprint density at radius 1 is 1.45 bits per heavy atom. The fourth-order valence-electron chi connectivity index (χ4n) is 1.89. The van der Waals surface area contributed by atoms with Crippen LogP contribution >= 0.6 is 0 Å². The molecule has 110 valence electrons. The van der Waals surface area contributed by atoms with E-state index in [1.807, 2.05) is 20.8 Å². The minimum atomic E-state index is -0.513. The lowest BCUT2D eigenvalue weighted by atomic mass is 10.0. The van der Waals surface area contributed by atoms with Gasteiger partial charge in [-0.3, -0.25) is 10.1 Å². The van der Waals surface area contributed by atoms with E-state index in [1.165, 1.54) is 19.2 Å². The standard InChI is InChI=1S/C14H20N2O4/c1-9(2)7-13(14(17)20-4)15-12-8-11(16(18)19)6-5-10(12)3/h5-6,8-9,13,15H,7H2,1-4H3. The first-order valence-electron chi connectivity index (χ1n) is 6.44. The van der Waals surface area contributed by atoms with Gasteiger partial charge in [-0.1, -0.05) is 19.9 Å². The van der Waals surface area contributed by atoms with Gasteiger partial charge in [-0.25, -0.2) is 4.79 Å². The van der Waals surface area contributed by atoms with E-state index in [1.54, 1.807) is 6.07 Å². The molecule has 6 heteroatoms. The Hall–Kier alpha value is -2.11. The summed E-state index contributed by atoms with van der Waals surface area (Å²) in [6.07, 6.45) is 0.592. The van der Waals surface area contributed by atoms with Crippen molar-refractivity contribution in [3.8, 4) is 0 Å². The number of methoxy groups -OCH3 is 1. The summed E-state index contributed by atoms with van der Waals surface area (Å²) in [5, 5.41) is 13.8. The number of nitro benzene ring substituents is 1. The van der Waals surface area contributed by atoms with Crippen LogP contribution in [0.15, 0.2) is 18.2 Å². The average molecular weight is 280 g/mol. The number of aryl methyl sites for hydroxylation is 1. The van der Waals surface area contributed by atoms with Crippen molar-refractivity contribution >= 4 is 17.3 Å². The third kappa shape index (κ3) is 4.22. The minimum absolute atomic E-state index is 0.00809. The topological polar surface area (TPSA) is 81.5 Å². The number of nitro groups is 1. The molecule has 1 atom stereocenters. The molecular weight excluding hydrogens is 260 g/mol. The number of carbonyl (C=O) groups excluding carboxylic acids is 1. The van der Waals surface area contributed by atoms with E-state index in [-0.39, 0.29) is 11.7 Å². The number of anilines is 1. The molecule has 0 amide bonds. The summed E-state index contributed by atoms with van der Waals surface area (Å²) in [6, 6.07) is 4.02. The summed E-state index contributed by atoms with van der Waals surface area (Å²) in [7, 11) is 1.33. The Labute approximate surface area is 118 Å². The third-order valence-electron chi connectivity index (χ3n) is 2.95. The fourth-order valence-corrected chi connectivity index (χ4v) is 1.89. The number of benzene rings is 1. The van der Waals surface area contributed by atoms with Crippen molar-refractivity contribution in [1.82, 2.24) is 0 Å². The second-order valence-corrected chi connectivity index (χ2v) is 5.11. The number of non-ortho nitro benzene ring substituents is 1. The van der Waals surface area contributed by atoms with Crippen molar-refractivity contribution in [2.24, 2.45) is 5.92 Å². The number of rotatable bonds is 6. The lowest BCUT2D eigenvalue weighted by Gasteiger charge is -2.20. The average Bonchev–Trinajstić information content (AvgIpc) is 2.38. The van der Waals surface area contributed by atoms with Crippen molar-refractivity contribution in [3.05, 3.63) is 33.9 Å². The van der Waals surface area contributed by atoms with E-state index in [0.29, 0.717) is 18.0 Å². The van der Waals surface area contributed by atoms with Crippen LogP contribution in [0, 0.1) is 23.0 Å². The van der Waals surface area contributed by atoms with Gasteiger partial charge in [0.15, 0.2) is 0 Å². The third-order valence-corrected chi connectivity index (χ3v) is 2.95. The lowest BCUT2D eigenvalue weighted by molar-refractivity contribution is -0.384. The van der Waals surface area contributed by atoms with Crippen molar-refractivity contribution in [1.29, 1.82) is 0 Å². The number of nitrogens with one attached hydrogen (secondary N) is 1. The highest BCUT2D eigenvalue weighted by atomic mass is 16.6. The van der Waals surface area contributed by atoms with Gasteiger partial charge in [0.2, 0.25) is 0 Å². The Balaban J connectivity index is 3.00. The molecular formula is C14H20N2O4. The number of hydrogen-bond donors (Lipinski definition) is 1. The van der Waals surface area contributed by atoms with Gasteiger partial charge >= 0.3 is 5.97 Å². The first-order valence-corrected chi connectivity index (χ1v) is 6.44. The van der Waals surface area contributed by atoms with Gasteiger partial charge in [0.1, 0.15) is 6.04 Å². The van der Waals surface area contributed by atoms with Crippen LogP contribution in [0.2, 0.25) is 0 Å². The summed E-state index contributed by atoms with van der Waals surface area (Å²) in [6.45, 7) is 5.83. The zero-order valence-corrected chi connectivity index (χ0v) is 12.2. The lowest BCUT2D eigenvalue weighted by Crippen LogP contribution is -2.32. The summed E-state index contributed by atoms with van der Waals surface area (Å²) in [4.78, 5) is 22.1. The number of nitrogens with zero attached hydrogens (tertiary/aromatic N) is 1. The molecule has 0 radical (unpaired) electrons. The quantitative estimate of drug-likeness (QED) is 0.492. The number of esters is 1. The molecule has 0 aromatic heterocycles. The zero-order valence-electron chi connectivity index (χ0n) is 12.2. The SMILES string of the molecule is COC(=O)C(CC(C)C)Nc1cc([N+](=O)[O-])ccc1C. The highest BCUT2D eigenvalue weighted by molar-refractivity contribution is 5.79. The van der Waals surface area contributed by atoms with Gasteiger partial charge in [-0.15, -0.1) is 0 Å². The molecule has 1 aromatic rings. The predicted octanol–water partition coefficient (Wildman–Crippen LogP) is 2.90. The van der Waals surface area contributed by atoms with Crippen LogP contribution in [0.5, 0.6) is 0 Å². The largest absolute Gasteiger partial charge is 0.467 e. The molecule has 1 N–H and O–H groups in total.